The number of nitrogens with one attached hydrogen (secondary N) is 2. The molecule has 0 radical (unpaired) electrons. The average molecular weight is 524 g/mol. The van der Waals surface area contributed by atoms with Crippen LogP contribution in [-0.2, 0) is 14.8 Å². The summed E-state index contributed by atoms with van der Waals surface area (Å²) >= 11 is 0. The number of amides is 1. The molecule has 0 bridgehead atoms. The topological polar surface area (TPSA) is 106 Å². The molecule has 0 unspecified atom stereocenters. The number of ether oxygens (including phenoxy) is 2. The van der Waals surface area contributed by atoms with Crippen molar-refractivity contribution in [3.05, 3.63) is 89.5 Å². The number of rotatable bonds is 12. The van der Waals surface area contributed by atoms with Crippen LogP contribution >= 0.6 is 0 Å². The van der Waals surface area contributed by atoms with Gasteiger partial charge in [-0.05, 0) is 54.3 Å². The molecule has 0 aliphatic rings. The van der Waals surface area contributed by atoms with Gasteiger partial charge in [0.15, 0.2) is 11.5 Å². The van der Waals surface area contributed by atoms with Gasteiger partial charge in [-0.2, -0.15) is 5.10 Å². The fourth-order valence-corrected chi connectivity index (χ4v) is 4.66. The third kappa shape index (κ3) is 8.44. The fourth-order valence-electron chi connectivity index (χ4n) is 3.44. The summed E-state index contributed by atoms with van der Waals surface area (Å²) in [6.07, 6.45) is 1.35. The van der Waals surface area contributed by atoms with Gasteiger partial charge in [0, 0.05) is 6.42 Å². The Hall–Kier alpha value is -3.69. The summed E-state index contributed by atoms with van der Waals surface area (Å²) in [5, 5.41) is 4.03. The van der Waals surface area contributed by atoms with Crippen LogP contribution in [0.2, 0.25) is 0 Å². The first-order valence-electron chi connectivity index (χ1n) is 11.9. The number of hydrogen-bond acceptors (Lipinski definition) is 6. The van der Waals surface area contributed by atoms with E-state index in [1.54, 1.807) is 61.7 Å². The second-order valence-electron chi connectivity index (χ2n) is 9.01. The van der Waals surface area contributed by atoms with Crippen LogP contribution in [-0.4, -0.2) is 34.3 Å². The summed E-state index contributed by atoms with van der Waals surface area (Å²) in [5.74, 6) is 1.12. The number of carbonyl (C=O) groups is 1. The summed E-state index contributed by atoms with van der Waals surface area (Å²) in [6, 6.07) is 20.1. The summed E-state index contributed by atoms with van der Waals surface area (Å²) in [4.78, 5) is 12.8. The second-order valence-corrected chi connectivity index (χ2v) is 10.7. The highest BCUT2D eigenvalue weighted by molar-refractivity contribution is 7.89. The van der Waals surface area contributed by atoms with Crippen molar-refractivity contribution < 1.29 is 22.7 Å². The van der Waals surface area contributed by atoms with Gasteiger partial charge in [0.25, 0.3) is 0 Å². The minimum absolute atomic E-state index is 0.132. The molecule has 0 aromatic heterocycles. The van der Waals surface area contributed by atoms with Crippen molar-refractivity contribution >= 4 is 22.1 Å². The molecule has 3 aromatic carbocycles. The van der Waals surface area contributed by atoms with Gasteiger partial charge in [0.05, 0.1) is 30.9 Å². The number of sulfonamides is 1. The molecule has 0 heterocycles. The largest absolute Gasteiger partial charge is 0.493 e. The lowest BCUT2D eigenvalue weighted by molar-refractivity contribution is -0.121. The molecule has 37 heavy (non-hydrogen) atoms. The maximum absolute atomic E-state index is 13.0. The minimum atomic E-state index is -3.85. The predicted molar refractivity (Wildman–Crippen MR) is 144 cm³/mol. The first kappa shape index (κ1) is 27.9. The van der Waals surface area contributed by atoms with E-state index in [1.807, 2.05) is 13.0 Å². The number of nitrogens with zero attached hydrogens (tertiary/aromatic N) is 1. The Kier molecular flexibility index (Phi) is 9.82. The zero-order valence-corrected chi connectivity index (χ0v) is 22.3. The van der Waals surface area contributed by atoms with Crippen LogP contribution in [0.5, 0.6) is 11.5 Å². The van der Waals surface area contributed by atoms with Crippen LogP contribution in [0.3, 0.4) is 0 Å². The molecule has 0 saturated heterocycles. The van der Waals surface area contributed by atoms with Gasteiger partial charge in [0.2, 0.25) is 15.9 Å². The fraction of sp³-hybridized carbons (Fsp3) is 0.286. The third-order valence-electron chi connectivity index (χ3n) is 5.38. The van der Waals surface area contributed by atoms with Crippen LogP contribution < -0.4 is 19.6 Å². The molecule has 0 spiro atoms. The van der Waals surface area contributed by atoms with Crippen LogP contribution in [0.1, 0.15) is 43.0 Å². The zero-order valence-electron chi connectivity index (χ0n) is 21.5. The SMILES string of the molecule is COc1cc(/C=N\NC(=O)C[C@H](NS(=O)(=O)c2ccc(C)cc2)c2ccccc2)ccc1OCC(C)C. The molecule has 1 atom stereocenters. The summed E-state index contributed by atoms with van der Waals surface area (Å²) in [5.41, 5.74) is 4.80. The quantitative estimate of drug-likeness (QED) is 0.267. The van der Waals surface area contributed by atoms with Crippen LogP contribution in [0.15, 0.2) is 82.8 Å². The van der Waals surface area contributed by atoms with Gasteiger partial charge < -0.3 is 9.47 Å². The Labute approximate surface area is 218 Å². The maximum Gasteiger partial charge on any atom is 0.242 e. The van der Waals surface area contributed by atoms with Crippen molar-refractivity contribution in [2.45, 2.75) is 38.1 Å². The van der Waals surface area contributed by atoms with Gasteiger partial charge >= 0.3 is 0 Å². The second kappa shape index (κ2) is 13.0. The van der Waals surface area contributed by atoms with Crippen molar-refractivity contribution in [3.63, 3.8) is 0 Å². The normalized spacial score (nSPS) is 12.5. The lowest BCUT2D eigenvalue weighted by Crippen LogP contribution is -2.32. The van der Waals surface area contributed by atoms with E-state index >= 15 is 0 Å². The van der Waals surface area contributed by atoms with Gasteiger partial charge in [-0.1, -0.05) is 61.9 Å². The monoisotopic (exact) mass is 523 g/mol. The molecule has 2 N–H and O–H groups in total. The number of benzene rings is 3. The van der Waals surface area contributed by atoms with Gasteiger partial charge in [-0.15, -0.1) is 0 Å². The minimum Gasteiger partial charge on any atom is -0.493 e. The Morgan fingerprint density at radius 2 is 1.70 bits per heavy atom. The van der Waals surface area contributed by atoms with E-state index in [0.29, 0.717) is 35.2 Å². The summed E-state index contributed by atoms with van der Waals surface area (Å²) in [7, 11) is -2.29. The Balaban J connectivity index is 1.69. The summed E-state index contributed by atoms with van der Waals surface area (Å²) < 4.78 is 39.8. The first-order chi connectivity index (χ1) is 17.7. The molecule has 0 saturated carbocycles. The maximum atomic E-state index is 13.0. The molecule has 8 nitrogen and oxygen atoms in total. The number of methoxy groups -OCH3 is 1. The molecule has 0 aliphatic carbocycles. The predicted octanol–water partition coefficient (Wildman–Crippen LogP) is 4.60. The van der Waals surface area contributed by atoms with Gasteiger partial charge in [0.1, 0.15) is 0 Å². The standard InChI is InChI=1S/C28H33N3O5S/c1-20(2)19-36-26-15-12-22(16-27(26)35-4)18-29-30-28(32)17-25(23-8-6-5-7-9-23)31-37(33,34)24-13-10-21(3)11-14-24/h5-16,18,20,25,31H,17,19H2,1-4H3,(H,30,32)/b29-18-/t25-/m0/s1. The van der Waals surface area contributed by atoms with Crippen LogP contribution in [0, 0.1) is 12.8 Å². The first-order valence-corrected chi connectivity index (χ1v) is 13.4. The van der Waals surface area contributed by atoms with Crippen LogP contribution in [0.25, 0.3) is 0 Å². The highest BCUT2D eigenvalue weighted by Crippen LogP contribution is 2.28. The molecule has 0 aliphatic heterocycles. The van der Waals surface area contributed by atoms with Crippen molar-refractivity contribution in [1.29, 1.82) is 0 Å². The van der Waals surface area contributed by atoms with E-state index in [2.05, 4.69) is 29.1 Å². The lowest BCUT2D eigenvalue weighted by Gasteiger charge is -2.18. The van der Waals surface area contributed by atoms with Gasteiger partial charge in [-0.3, -0.25) is 4.79 Å². The molecule has 196 valence electrons. The number of hydrazone groups is 1. The lowest BCUT2D eigenvalue weighted by atomic mass is 10.0. The molecule has 0 fully saturated rings. The van der Waals surface area contributed by atoms with E-state index in [1.165, 1.54) is 18.3 Å². The highest BCUT2D eigenvalue weighted by Gasteiger charge is 2.23. The van der Waals surface area contributed by atoms with E-state index in [9.17, 15) is 13.2 Å². The molecular formula is C28H33N3O5S. The Morgan fingerprint density at radius 3 is 2.35 bits per heavy atom. The van der Waals surface area contributed by atoms with E-state index in [-0.39, 0.29) is 11.3 Å². The zero-order chi connectivity index (χ0) is 26.8. The smallest absolute Gasteiger partial charge is 0.242 e. The number of hydrogen-bond donors (Lipinski definition) is 2. The van der Waals surface area contributed by atoms with Crippen molar-refractivity contribution in [1.82, 2.24) is 10.1 Å². The molecule has 9 heteroatoms. The molecule has 1 amide bonds. The van der Waals surface area contributed by atoms with Crippen molar-refractivity contribution in [3.8, 4) is 11.5 Å². The molecule has 3 rings (SSSR count). The number of carbonyl (C=O) groups excluding carboxylic acids is 1. The van der Waals surface area contributed by atoms with Crippen molar-refractivity contribution in [2.24, 2.45) is 11.0 Å². The molecule has 3 aromatic rings. The Morgan fingerprint density at radius 1 is 1.00 bits per heavy atom. The molecular weight excluding hydrogens is 490 g/mol. The highest BCUT2D eigenvalue weighted by atomic mass is 32.2. The van der Waals surface area contributed by atoms with E-state index in [0.717, 1.165) is 5.56 Å². The van der Waals surface area contributed by atoms with Crippen LogP contribution in [0.4, 0.5) is 0 Å². The number of aryl methyl sites for hydroxylation is 1. The van der Waals surface area contributed by atoms with Gasteiger partial charge in [-0.25, -0.2) is 18.6 Å². The average Bonchev–Trinajstić information content (AvgIpc) is 2.88. The third-order valence-corrected chi connectivity index (χ3v) is 6.87. The summed E-state index contributed by atoms with van der Waals surface area (Å²) in [6.45, 7) is 6.57. The van der Waals surface area contributed by atoms with E-state index < -0.39 is 22.0 Å². The van der Waals surface area contributed by atoms with Crippen molar-refractivity contribution in [2.75, 3.05) is 13.7 Å². The van der Waals surface area contributed by atoms with E-state index in [4.69, 9.17) is 9.47 Å². The Bertz CT molecular complexity index is 1310.